The van der Waals surface area contributed by atoms with Gasteiger partial charge in [0, 0.05) is 6.54 Å². The predicted molar refractivity (Wildman–Crippen MR) is 92.1 cm³/mol. The second kappa shape index (κ2) is 7.61. The molecule has 0 unspecified atom stereocenters. The molecule has 3 nitrogen and oxygen atoms in total. The van der Waals surface area contributed by atoms with Crippen LogP contribution in [0, 0.1) is 0 Å². The van der Waals surface area contributed by atoms with Crippen LogP contribution >= 0.6 is 24.0 Å². The van der Waals surface area contributed by atoms with Gasteiger partial charge >= 0.3 is 0 Å². The molecule has 112 valence electrons. The van der Waals surface area contributed by atoms with Crippen molar-refractivity contribution >= 4 is 40.3 Å². The Morgan fingerprint density at radius 3 is 2.62 bits per heavy atom. The van der Waals surface area contributed by atoms with Crippen LogP contribution in [0.3, 0.4) is 0 Å². The summed E-state index contributed by atoms with van der Waals surface area (Å²) in [6, 6.07) is 6.78. The molecule has 21 heavy (non-hydrogen) atoms. The quantitative estimate of drug-likeness (QED) is 0.485. The standard InChI is InChI=1S/C16H19NO2S2/c1-2-3-4-5-10-17-15(19)14(21-16(17)20)11-12-6-8-13(18)9-7-12/h6-9,11,18H,2-5,10H2,1H3/b14-11+. The number of phenols is 1. The summed E-state index contributed by atoms with van der Waals surface area (Å²) in [6.45, 7) is 2.87. The van der Waals surface area contributed by atoms with Crippen molar-refractivity contribution in [3.63, 3.8) is 0 Å². The number of rotatable bonds is 6. The number of benzene rings is 1. The van der Waals surface area contributed by atoms with E-state index in [1.54, 1.807) is 29.2 Å². The van der Waals surface area contributed by atoms with Gasteiger partial charge in [0.15, 0.2) is 0 Å². The third kappa shape index (κ3) is 4.32. The van der Waals surface area contributed by atoms with Crippen molar-refractivity contribution in [1.29, 1.82) is 0 Å². The zero-order valence-corrected chi connectivity index (χ0v) is 13.7. The number of phenolic OH excluding ortho intramolecular Hbond substituents is 1. The van der Waals surface area contributed by atoms with Crippen molar-refractivity contribution in [2.24, 2.45) is 0 Å². The van der Waals surface area contributed by atoms with Crippen LogP contribution in [0.1, 0.15) is 38.2 Å². The first-order valence-electron chi connectivity index (χ1n) is 7.16. The number of carbonyl (C=O) groups excluding carboxylic acids is 1. The highest BCUT2D eigenvalue weighted by atomic mass is 32.2. The summed E-state index contributed by atoms with van der Waals surface area (Å²) in [5.41, 5.74) is 0.888. The van der Waals surface area contributed by atoms with Crippen molar-refractivity contribution in [2.45, 2.75) is 32.6 Å². The third-order valence-electron chi connectivity index (χ3n) is 3.30. The minimum absolute atomic E-state index is 0.00502. The molecular weight excluding hydrogens is 302 g/mol. The predicted octanol–water partition coefficient (Wildman–Crippen LogP) is 4.17. The molecule has 1 aliphatic heterocycles. The van der Waals surface area contributed by atoms with E-state index in [0.717, 1.165) is 18.4 Å². The average Bonchev–Trinajstić information content (AvgIpc) is 2.73. The van der Waals surface area contributed by atoms with E-state index < -0.39 is 0 Å². The normalized spacial score (nSPS) is 17.0. The number of carbonyl (C=O) groups is 1. The fourth-order valence-electron chi connectivity index (χ4n) is 2.11. The van der Waals surface area contributed by atoms with E-state index in [1.807, 2.05) is 6.08 Å². The number of amides is 1. The first-order valence-corrected chi connectivity index (χ1v) is 8.38. The number of hydrogen-bond acceptors (Lipinski definition) is 4. The second-order valence-corrected chi connectivity index (χ2v) is 6.66. The summed E-state index contributed by atoms with van der Waals surface area (Å²) >= 11 is 6.65. The Labute approximate surface area is 135 Å². The second-order valence-electron chi connectivity index (χ2n) is 4.99. The monoisotopic (exact) mass is 321 g/mol. The van der Waals surface area contributed by atoms with Gasteiger partial charge in [-0.1, -0.05) is 62.3 Å². The molecule has 0 spiro atoms. The topological polar surface area (TPSA) is 40.5 Å². The van der Waals surface area contributed by atoms with E-state index in [9.17, 15) is 9.90 Å². The molecule has 0 saturated carbocycles. The number of aromatic hydroxyl groups is 1. The van der Waals surface area contributed by atoms with Crippen LogP contribution in [0.4, 0.5) is 0 Å². The molecule has 1 amide bonds. The highest BCUT2D eigenvalue weighted by Gasteiger charge is 2.31. The molecule has 5 heteroatoms. The van der Waals surface area contributed by atoms with E-state index in [4.69, 9.17) is 12.2 Å². The highest BCUT2D eigenvalue weighted by molar-refractivity contribution is 8.26. The van der Waals surface area contributed by atoms with Crippen LogP contribution in [-0.4, -0.2) is 26.8 Å². The highest BCUT2D eigenvalue weighted by Crippen LogP contribution is 2.32. The van der Waals surface area contributed by atoms with Crippen molar-refractivity contribution in [3.05, 3.63) is 34.7 Å². The first-order chi connectivity index (χ1) is 10.1. The minimum Gasteiger partial charge on any atom is -0.508 e. The van der Waals surface area contributed by atoms with Crippen molar-refractivity contribution < 1.29 is 9.90 Å². The van der Waals surface area contributed by atoms with Gasteiger partial charge < -0.3 is 5.11 Å². The van der Waals surface area contributed by atoms with Crippen molar-refractivity contribution in [1.82, 2.24) is 4.90 Å². The molecule has 2 rings (SSSR count). The molecule has 1 saturated heterocycles. The number of thioether (sulfide) groups is 1. The van der Waals surface area contributed by atoms with Crippen LogP contribution < -0.4 is 0 Å². The molecule has 1 heterocycles. The summed E-state index contributed by atoms with van der Waals surface area (Å²) in [6.07, 6.45) is 6.32. The maximum atomic E-state index is 12.4. The SMILES string of the molecule is CCCCCCN1C(=O)/C(=C\c2ccc(O)cc2)SC1=S. The zero-order valence-electron chi connectivity index (χ0n) is 12.0. The number of unbranched alkanes of at least 4 members (excludes halogenated alkanes) is 3. The molecule has 1 aliphatic rings. The average molecular weight is 321 g/mol. The molecule has 0 bridgehead atoms. The summed E-state index contributed by atoms with van der Waals surface area (Å²) in [7, 11) is 0. The summed E-state index contributed by atoms with van der Waals surface area (Å²) in [5, 5.41) is 9.27. The minimum atomic E-state index is -0.00502. The molecule has 1 aromatic carbocycles. The smallest absolute Gasteiger partial charge is 0.266 e. The van der Waals surface area contributed by atoms with Gasteiger partial charge in [0.2, 0.25) is 0 Å². The molecule has 0 aliphatic carbocycles. The van der Waals surface area contributed by atoms with Crippen LogP contribution in [-0.2, 0) is 4.79 Å². The van der Waals surface area contributed by atoms with Gasteiger partial charge in [0.1, 0.15) is 10.1 Å². The number of nitrogens with zero attached hydrogens (tertiary/aromatic N) is 1. The van der Waals surface area contributed by atoms with Gasteiger partial charge in [-0.3, -0.25) is 9.69 Å². The molecular formula is C16H19NO2S2. The maximum Gasteiger partial charge on any atom is 0.266 e. The number of thiocarbonyl (C=S) groups is 1. The Morgan fingerprint density at radius 1 is 1.24 bits per heavy atom. The maximum absolute atomic E-state index is 12.4. The molecule has 0 radical (unpaired) electrons. The van der Waals surface area contributed by atoms with Gasteiger partial charge in [-0.2, -0.15) is 0 Å². The Balaban J connectivity index is 2.01. The largest absolute Gasteiger partial charge is 0.508 e. The van der Waals surface area contributed by atoms with Crippen molar-refractivity contribution in [3.8, 4) is 5.75 Å². The van der Waals surface area contributed by atoms with Gasteiger partial charge in [0.25, 0.3) is 5.91 Å². The van der Waals surface area contributed by atoms with Crippen LogP contribution in [0.5, 0.6) is 5.75 Å². The Hall–Kier alpha value is -1.33. The summed E-state index contributed by atoms with van der Waals surface area (Å²) < 4.78 is 0.640. The van der Waals surface area contributed by atoms with E-state index in [0.29, 0.717) is 15.8 Å². The summed E-state index contributed by atoms with van der Waals surface area (Å²) in [5.74, 6) is 0.213. The lowest BCUT2D eigenvalue weighted by molar-refractivity contribution is -0.122. The Morgan fingerprint density at radius 2 is 1.95 bits per heavy atom. The van der Waals surface area contributed by atoms with Crippen LogP contribution in [0.25, 0.3) is 6.08 Å². The molecule has 1 N–H and O–H groups in total. The van der Waals surface area contributed by atoms with Gasteiger partial charge in [-0.15, -0.1) is 0 Å². The van der Waals surface area contributed by atoms with Crippen molar-refractivity contribution in [2.75, 3.05) is 6.54 Å². The Kier molecular flexibility index (Phi) is 5.82. The van der Waals surface area contributed by atoms with E-state index in [1.165, 1.54) is 24.6 Å². The molecule has 0 aromatic heterocycles. The lowest BCUT2D eigenvalue weighted by atomic mass is 10.2. The first kappa shape index (κ1) is 16.0. The molecule has 1 fully saturated rings. The summed E-state index contributed by atoms with van der Waals surface area (Å²) in [4.78, 5) is 14.7. The fourth-order valence-corrected chi connectivity index (χ4v) is 3.42. The number of hydrogen-bond donors (Lipinski definition) is 1. The van der Waals surface area contributed by atoms with Crippen LogP contribution in [0.2, 0.25) is 0 Å². The van der Waals surface area contributed by atoms with Gasteiger partial charge in [-0.05, 0) is 30.2 Å². The third-order valence-corrected chi connectivity index (χ3v) is 4.68. The van der Waals surface area contributed by atoms with E-state index >= 15 is 0 Å². The van der Waals surface area contributed by atoms with Gasteiger partial charge in [0.05, 0.1) is 4.91 Å². The van der Waals surface area contributed by atoms with Crippen LogP contribution in [0.15, 0.2) is 29.2 Å². The van der Waals surface area contributed by atoms with E-state index in [2.05, 4.69) is 6.92 Å². The van der Waals surface area contributed by atoms with E-state index in [-0.39, 0.29) is 11.7 Å². The molecule has 0 atom stereocenters. The van der Waals surface area contributed by atoms with Gasteiger partial charge in [-0.25, -0.2) is 0 Å². The molecule has 1 aromatic rings. The lowest BCUT2D eigenvalue weighted by Gasteiger charge is -2.13. The Bertz CT molecular complexity index is 552. The zero-order chi connectivity index (χ0) is 15.2. The lowest BCUT2D eigenvalue weighted by Crippen LogP contribution is -2.28. The fraction of sp³-hybridized carbons (Fsp3) is 0.375.